The Morgan fingerprint density at radius 1 is 1.20 bits per heavy atom. The summed E-state index contributed by atoms with van der Waals surface area (Å²) in [6.45, 7) is 0.960. The zero-order valence-electron chi connectivity index (χ0n) is 11.2. The number of benzene rings is 1. The molecular weight excluding hydrogens is 264 g/mol. The van der Waals surface area contributed by atoms with Gasteiger partial charge < -0.3 is 25.2 Å². The van der Waals surface area contributed by atoms with E-state index in [2.05, 4.69) is 10.6 Å². The van der Waals surface area contributed by atoms with Crippen LogP contribution >= 0.6 is 0 Å². The molecule has 1 aromatic rings. The van der Waals surface area contributed by atoms with E-state index in [0.717, 1.165) is 0 Å². The molecule has 0 unspecified atom stereocenters. The Morgan fingerprint density at radius 2 is 1.90 bits per heavy atom. The largest absolute Gasteiger partial charge is 0.481 e. The molecule has 0 fully saturated rings. The fourth-order valence-electron chi connectivity index (χ4n) is 1.39. The van der Waals surface area contributed by atoms with Crippen LogP contribution in [-0.2, 0) is 20.7 Å². The fourth-order valence-corrected chi connectivity index (χ4v) is 1.39. The number of methoxy groups -OCH3 is 1. The number of rotatable bonds is 8. The molecule has 0 saturated carbocycles. The van der Waals surface area contributed by atoms with Crippen LogP contribution in [0, 0.1) is 0 Å². The number of anilines is 1. The van der Waals surface area contributed by atoms with E-state index in [0.29, 0.717) is 24.5 Å². The molecule has 0 heterocycles. The number of carbonyl (C=O) groups excluding carboxylic acids is 1. The van der Waals surface area contributed by atoms with Crippen molar-refractivity contribution in [3.05, 3.63) is 29.8 Å². The first-order valence-corrected chi connectivity index (χ1v) is 6.04. The summed E-state index contributed by atoms with van der Waals surface area (Å²) in [6, 6.07) is 6.19. The zero-order valence-corrected chi connectivity index (χ0v) is 11.2. The third-order valence-corrected chi connectivity index (χ3v) is 2.33. The molecule has 3 N–H and O–H groups in total. The van der Waals surface area contributed by atoms with E-state index in [1.54, 1.807) is 31.4 Å². The van der Waals surface area contributed by atoms with E-state index in [4.69, 9.17) is 14.6 Å². The number of amides is 2. The van der Waals surface area contributed by atoms with Crippen LogP contribution in [0.2, 0.25) is 0 Å². The average molecular weight is 282 g/mol. The van der Waals surface area contributed by atoms with Crippen molar-refractivity contribution in [2.24, 2.45) is 0 Å². The third-order valence-electron chi connectivity index (χ3n) is 2.33. The van der Waals surface area contributed by atoms with Crippen LogP contribution in [0.3, 0.4) is 0 Å². The summed E-state index contributed by atoms with van der Waals surface area (Å²) in [4.78, 5) is 22.0. The minimum atomic E-state index is -0.892. The molecule has 0 aliphatic rings. The first-order chi connectivity index (χ1) is 9.61. The van der Waals surface area contributed by atoms with E-state index in [1.165, 1.54) is 0 Å². The second-order valence-electron chi connectivity index (χ2n) is 3.94. The third kappa shape index (κ3) is 6.72. The summed E-state index contributed by atoms with van der Waals surface area (Å²) in [6.07, 6.45) is -0.0418. The maximum Gasteiger partial charge on any atom is 0.321 e. The Labute approximate surface area is 116 Å². The number of hydrogen-bond donors (Lipinski definition) is 3. The summed E-state index contributed by atoms with van der Waals surface area (Å²) in [5.74, 6) is -0.892. The Balaban J connectivity index is 2.29. The van der Waals surface area contributed by atoms with E-state index >= 15 is 0 Å². The van der Waals surface area contributed by atoms with Crippen LogP contribution in [0.4, 0.5) is 10.5 Å². The van der Waals surface area contributed by atoms with Gasteiger partial charge in [0.15, 0.2) is 0 Å². The molecule has 1 aromatic carbocycles. The molecule has 110 valence electrons. The van der Waals surface area contributed by atoms with E-state index < -0.39 is 12.0 Å². The summed E-state index contributed by atoms with van der Waals surface area (Å²) < 4.78 is 9.87. The van der Waals surface area contributed by atoms with Crippen LogP contribution in [0.5, 0.6) is 0 Å². The molecule has 0 spiro atoms. The van der Waals surface area contributed by atoms with Gasteiger partial charge in [0.25, 0.3) is 0 Å². The first-order valence-electron chi connectivity index (χ1n) is 6.04. The lowest BCUT2D eigenvalue weighted by Crippen LogP contribution is -2.31. The first kappa shape index (κ1) is 15.9. The second kappa shape index (κ2) is 8.89. The summed E-state index contributed by atoms with van der Waals surface area (Å²) in [5, 5.41) is 13.8. The molecular formula is C13H18N2O5. The van der Waals surface area contributed by atoms with E-state index in [9.17, 15) is 9.59 Å². The number of urea groups is 1. The Bertz CT molecular complexity index is 433. The van der Waals surface area contributed by atoms with Crippen molar-refractivity contribution in [2.75, 3.05) is 32.4 Å². The molecule has 0 aliphatic heterocycles. The molecule has 1 rings (SSSR count). The van der Waals surface area contributed by atoms with Crippen LogP contribution in [0.15, 0.2) is 24.3 Å². The minimum absolute atomic E-state index is 0.0418. The topological polar surface area (TPSA) is 96.9 Å². The van der Waals surface area contributed by atoms with Crippen molar-refractivity contribution < 1.29 is 24.2 Å². The van der Waals surface area contributed by atoms with Crippen molar-refractivity contribution in [1.82, 2.24) is 5.32 Å². The van der Waals surface area contributed by atoms with Gasteiger partial charge in [-0.25, -0.2) is 4.79 Å². The molecule has 0 aromatic heterocycles. The van der Waals surface area contributed by atoms with Gasteiger partial charge in [-0.15, -0.1) is 0 Å². The normalized spacial score (nSPS) is 10.1. The molecule has 7 nitrogen and oxygen atoms in total. The highest BCUT2D eigenvalue weighted by atomic mass is 16.5. The van der Waals surface area contributed by atoms with Crippen molar-refractivity contribution in [3.63, 3.8) is 0 Å². The highest BCUT2D eigenvalue weighted by Crippen LogP contribution is 2.09. The fraction of sp³-hybridized carbons (Fsp3) is 0.385. The lowest BCUT2D eigenvalue weighted by molar-refractivity contribution is -0.136. The number of hydrogen-bond acceptors (Lipinski definition) is 4. The van der Waals surface area contributed by atoms with E-state index in [-0.39, 0.29) is 13.2 Å². The van der Waals surface area contributed by atoms with Crippen molar-refractivity contribution in [2.45, 2.75) is 6.42 Å². The van der Waals surface area contributed by atoms with E-state index in [1.807, 2.05) is 0 Å². The molecule has 0 bridgehead atoms. The zero-order chi connectivity index (χ0) is 14.8. The lowest BCUT2D eigenvalue weighted by Gasteiger charge is -2.08. The predicted octanol–water partition coefficient (Wildman–Crippen LogP) is 1.06. The Hall–Kier alpha value is -2.12. The number of carboxylic acid groups (broad SMARTS) is 1. The van der Waals surface area contributed by atoms with Crippen LogP contribution in [0.1, 0.15) is 5.56 Å². The number of nitrogens with one attached hydrogen (secondary N) is 2. The van der Waals surface area contributed by atoms with Crippen LogP contribution in [-0.4, -0.2) is 44.2 Å². The molecule has 0 saturated heterocycles. The monoisotopic (exact) mass is 282 g/mol. The molecule has 2 amide bonds. The Kier molecular flexibility index (Phi) is 7.08. The standard InChI is InChI=1S/C13H18N2O5/c1-19-6-7-20-9-14-13(18)15-11-4-2-10(3-5-11)8-12(16)17/h2-5H,6-9H2,1H3,(H,16,17)(H2,14,15,18). The summed E-state index contributed by atoms with van der Waals surface area (Å²) >= 11 is 0. The van der Waals surface area contributed by atoms with Crippen LogP contribution < -0.4 is 10.6 Å². The van der Waals surface area contributed by atoms with Gasteiger partial charge in [0, 0.05) is 12.8 Å². The van der Waals surface area contributed by atoms with Gasteiger partial charge in [0.05, 0.1) is 19.6 Å². The van der Waals surface area contributed by atoms with Gasteiger partial charge in [-0.1, -0.05) is 12.1 Å². The maximum absolute atomic E-state index is 11.5. The molecule has 0 radical (unpaired) electrons. The van der Waals surface area contributed by atoms with Crippen molar-refractivity contribution in [3.8, 4) is 0 Å². The number of ether oxygens (including phenoxy) is 2. The average Bonchev–Trinajstić information content (AvgIpc) is 2.40. The molecule has 20 heavy (non-hydrogen) atoms. The smallest absolute Gasteiger partial charge is 0.321 e. The van der Waals surface area contributed by atoms with Gasteiger partial charge in [-0.2, -0.15) is 0 Å². The predicted molar refractivity (Wildman–Crippen MR) is 72.6 cm³/mol. The molecule has 0 aliphatic carbocycles. The molecule has 7 heteroatoms. The van der Waals surface area contributed by atoms with Gasteiger partial charge in [-0.05, 0) is 17.7 Å². The summed E-state index contributed by atoms with van der Waals surface area (Å²) in [7, 11) is 1.57. The van der Waals surface area contributed by atoms with Gasteiger partial charge >= 0.3 is 12.0 Å². The highest BCUT2D eigenvalue weighted by molar-refractivity contribution is 5.89. The number of carbonyl (C=O) groups is 2. The maximum atomic E-state index is 11.5. The summed E-state index contributed by atoms with van der Waals surface area (Å²) in [5.41, 5.74) is 1.25. The lowest BCUT2D eigenvalue weighted by atomic mass is 10.1. The highest BCUT2D eigenvalue weighted by Gasteiger charge is 2.03. The minimum Gasteiger partial charge on any atom is -0.481 e. The van der Waals surface area contributed by atoms with Crippen molar-refractivity contribution in [1.29, 1.82) is 0 Å². The Morgan fingerprint density at radius 3 is 2.50 bits per heavy atom. The van der Waals surface area contributed by atoms with Gasteiger partial charge in [0.2, 0.25) is 0 Å². The van der Waals surface area contributed by atoms with Gasteiger partial charge in [-0.3, -0.25) is 4.79 Å². The van der Waals surface area contributed by atoms with Gasteiger partial charge in [0.1, 0.15) is 6.73 Å². The second-order valence-corrected chi connectivity index (χ2v) is 3.94. The SMILES string of the molecule is COCCOCNC(=O)Nc1ccc(CC(=O)O)cc1. The van der Waals surface area contributed by atoms with Crippen molar-refractivity contribution >= 4 is 17.7 Å². The van der Waals surface area contributed by atoms with Crippen LogP contribution in [0.25, 0.3) is 0 Å². The number of aliphatic carboxylic acids is 1. The molecule has 0 atom stereocenters. The number of carboxylic acids is 1. The quantitative estimate of drug-likeness (QED) is 0.489.